The van der Waals surface area contributed by atoms with E-state index < -0.39 is 0 Å². The predicted octanol–water partition coefficient (Wildman–Crippen LogP) is 3.68. The molecule has 1 aliphatic rings. The van der Waals surface area contributed by atoms with Crippen molar-refractivity contribution in [3.63, 3.8) is 0 Å². The quantitative estimate of drug-likeness (QED) is 0.910. The summed E-state index contributed by atoms with van der Waals surface area (Å²) in [7, 11) is 0. The van der Waals surface area contributed by atoms with Crippen molar-refractivity contribution in [1.82, 2.24) is 10.2 Å². The van der Waals surface area contributed by atoms with E-state index >= 15 is 0 Å². The molecule has 1 aromatic carbocycles. The third-order valence-electron chi connectivity index (χ3n) is 3.30. The number of hydrogen-bond acceptors (Lipinski definition) is 2. The predicted molar refractivity (Wildman–Crippen MR) is 83.4 cm³/mol. The van der Waals surface area contributed by atoms with Gasteiger partial charge in [-0.05, 0) is 30.2 Å². The molecule has 6 heteroatoms. The van der Waals surface area contributed by atoms with E-state index in [0.29, 0.717) is 5.02 Å². The van der Waals surface area contributed by atoms with Crippen LogP contribution in [-0.4, -0.2) is 31.1 Å². The van der Waals surface area contributed by atoms with E-state index in [2.05, 4.69) is 17.1 Å². The molecule has 0 amide bonds. The molecule has 2 nitrogen and oxygen atoms in total. The fourth-order valence-corrected chi connectivity index (χ4v) is 2.68. The van der Waals surface area contributed by atoms with Gasteiger partial charge in [-0.3, -0.25) is 4.90 Å². The summed E-state index contributed by atoms with van der Waals surface area (Å²) in [4.78, 5) is 2.37. The van der Waals surface area contributed by atoms with Crippen molar-refractivity contribution < 1.29 is 4.39 Å². The van der Waals surface area contributed by atoms with Gasteiger partial charge >= 0.3 is 0 Å². The highest BCUT2D eigenvalue weighted by Crippen LogP contribution is 2.30. The third-order valence-corrected chi connectivity index (χ3v) is 3.64. The Morgan fingerprint density at radius 3 is 2.53 bits per heavy atom. The molecule has 1 N–H and O–H groups in total. The first-order chi connectivity index (χ1) is 8.22. The standard InChI is InChI=1S/C13H18ClFN2.2ClH/c1-2-13(17-7-5-16-6-8-17)11-9-10(15)3-4-12(11)14;;/h3-4,9,13,16H,2,5-8H2,1H3;2*1H/t13-;;/m1../s1. The number of hydrogen-bond donors (Lipinski definition) is 1. The van der Waals surface area contributed by atoms with Gasteiger partial charge in [0.25, 0.3) is 0 Å². The Morgan fingerprint density at radius 1 is 1.32 bits per heavy atom. The molecule has 1 aliphatic heterocycles. The minimum Gasteiger partial charge on any atom is -0.314 e. The minimum absolute atomic E-state index is 0. The van der Waals surface area contributed by atoms with E-state index in [0.717, 1.165) is 38.2 Å². The molecule has 0 aromatic heterocycles. The maximum Gasteiger partial charge on any atom is 0.123 e. The Kier molecular flexibility index (Phi) is 8.95. The van der Waals surface area contributed by atoms with Crippen LogP contribution >= 0.6 is 36.4 Å². The molecule has 2 rings (SSSR count). The van der Waals surface area contributed by atoms with Gasteiger partial charge in [-0.2, -0.15) is 0 Å². The summed E-state index contributed by atoms with van der Waals surface area (Å²) in [5.74, 6) is -0.210. The average Bonchev–Trinajstić information content (AvgIpc) is 2.36. The summed E-state index contributed by atoms with van der Waals surface area (Å²) in [6.45, 7) is 6.08. The lowest BCUT2D eigenvalue weighted by molar-refractivity contribution is 0.169. The maximum atomic E-state index is 13.3. The van der Waals surface area contributed by atoms with Crippen LogP contribution in [0.3, 0.4) is 0 Å². The smallest absolute Gasteiger partial charge is 0.123 e. The van der Waals surface area contributed by atoms with Crippen LogP contribution < -0.4 is 5.32 Å². The Balaban J connectivity index is 0.00000162. The van der Waals surface area contributed by atoms with Gasteiger partial charge in [0.15, 0.2) is 0 Å². The van der Waals surface area contributed by atoms with Gasteiger partial charge < -0.3 is 5.32 Å². The summed E-state index contributed by atoms with van der Waals surface area (Å²) >= 11 is 6.18. The molecule has 1 saturated heterocycles. The summed E-state index contributed by atoms with van der Waals surface area (Å²) in [6.07, 6.45) is 0.948. The molecular formula is C13H20Cl3FN2. The van der Waals surface area contributed by atoms with Crippen LogP contribution in [-0.2, 0) is 0 Å². The van der Waals surface area contributed by atoms with Crippen LogP contribution in [0, 0.1) is 5.82 Å². The number of piperazine rings is 1. The van der Waals surface area contributed by atoms with Crippen molar-refractivity contribution in [2.45, 2.75) is 19.4 Å². The first-order valence-corrected chi connectivity index (χ1v) is 6.50. The lowest BCUT2D eigenvalue weighted by Crippen LogP contribution is -2.45. The Morgan fingerprint density at radius 2 is 1.95 bits per heavy atom. The van der Waals surface area contributed by atoms with E-state index in [1.807, 2.05) is 0 Å². The highest BCUT2D eigenvalue weighted by Gasteiger charge is 2.22. The monoisotopic (exact) mass is 328 g/mol. The second-order valence-corrected chi connectivity index (χ2v) is 4.78. The topological polar surface area (TPSA) is 15.3 Å². The zero-order valence-corrected chi connectivity index (χ0v) is 13.3. The SMILES string of the molecule is CC[C@H](c1cc(F)ccc1Cl)N1CCNCC1.Cl.Cl. The molecule has 1 aromatic rings. The second kappa shape index (κ2) is 8.98. The van der Waals surface area contributed by atoms with Crippen LogP contribution in [0.15, 0.2) is 18.2 Å². The number of halogens is 4. The van der Waals surface area contributed by atoms with Crippen LogP contribution in [0.4, 0.5) is 4.39 Å². The largest absolute Gasteiger partial charge is 0.314 e. The van der Waals surface area contributed by atoms with Crippen molar-refractivity contribution in [2.24, 2.45) is 0 Å². The normalized spacial score (nSPS) is 17.2. The molecule has 1 fully saturated rings. The first kappa shape index (κ1) is 18.9. The lowest BCUT2D eigenvalue weighted by atomic mass is 10.0. The summed E-state index contributed by atoms with van der Waals surface area (Å²) in [6, 6.07) is 4.85. The van der Waals surface area contributed by atoms with Gasteiger partial charge in [0, 0.05) is 37.2 Å². The minimum atomic E-state index is -0.210. The van der Waals surface area contributed by atoms with E-state index in [4.69, 9.17) is 11.6 Å². The molecule has 0 unspecified atom stereocenters. The van der Waals surface area contributed by atoms with Crippen LogP contribution in [0.25, 0.3) is 0 Å². The van der Waals surface area contributed by atoms with Crippen molar-refractivity contribution in [1.29, 1.82) is 0 Å². The highest BCUT2D eigenvalue weighted by atomic mass is 35.5. The number of benzene rings is 1. The van der Waals surface area contributed by atoms with Crippen LogP contribution in [0.5, 0.6) is 0 Å². The Bertz CT molecular complexity index is 384. The van der Waals surface area contributed by atoms with Crippen molar-refractivity contribution in [3.8, 4) is 0 Å². The molecular weight excluding hydrogens is 310 g/mol. The molecule has 0 spiro atoms. The Labute approximate surface area is 131 Å². The van der Waals surface area contributed by atoms with Crippen molar-refractivity contribution in [2.75, 3.05) is 26.2 Å². The molecule has 0 aliphatic carbocycles. The molecule has 19 heavy (non-hydrogen) atoms. The van der Waals surface area contributed by atoms with E-state index in [9.17, 15) is 4.39 Å². The zero-order chi connectivity index (χ0) is 12.3. The molecule has 1 heterocycles. The average molecular weight is 330 g/mol. The van der Waals surface area contributed by atoms with Gasteiger partial charge in [-0.15, -0.1) is 24.8 Å². The number of rotatable bonds is 3. The van der Waals surface area contributed by atoms with E-state index in [1.165, 1.54) is 6.07 Å². The lowest BCUT2D eigenvalue weighted by Gasteiger charge is -2.35. The molecule has 0 saturated carbocycles. The van der Waals surface area contributed by atoms with Crippen LogP contribution in [0.2, 0.25) is 5.02 Å². The first-order valence-electron chi connectivity index (χ1n) is 6.12. The summed E-state index contributed by atoms with van der Waals surface area (Å²) in [5, 5.41) is 3.99. The molecule has 1 atom stereocenters. The molecule has 110 valence electrons. The fraction of sp³-hybridized carbons (Fsp3) is 0.538. The van der Waals surface area contributed by atoms with Crippen molar-refractivity contribution in [3.05, 3.63) is 34.6 Å². The van der Waals surface area contributed by atoms with Crippen molar-refractivity contribution >= 4 is 36.4 Å². The van der Waals surface area contributed by atoms with E-state index in [-0.39, 0.29) is 36.7 Å². The highest BCUT2D eigenvalue weighted by molar-refractivity contribution is 6.31. The molecule has 0 radical (unpaired) electrons. The van der Waals surface area contributed by atoms with Gasteiger partial charge in [0.05, 0.1) is 0 Å². The number of nitrogens with one attached hydrogen (secondary N) is 1. The van der Waals surface area contributed by atoms with Gasteiger partial charge in [-0.25, -0.2) is 4.39 Å². The maximum absolute atomic E-state index is 13.3. The Hall–Kier alpha value is -0.0600. The summed E-state index contributed by atoms with van der Waals surface area (Å²) < 4.78 is 13.3. The second-order valence-electron chi connectivity index (χ2n) is 4.38. The third kappa shape index (κ3) is 4.76. The van der Waals surface area contributed by atoms with Gasteiger partial charge in [-0.1, -0.05) is 18.5 Å². The zero-order valence-electron chi connectivity index (χ0n) is 10.9. The fourth-order valence-electron chi connectivity index (χ4n) is 2.44. The van der Waals surface area contributed by atoms with Crippen LogP contribution in [0.1, 0.15) is 24.9 Å². The van der Waals surface area contributed by atoms with Gasteiger partial charge in [0.2, 0.25) is 0 Å². The van der Waals surface area contributed by atoms with E-state index in [1.54, 1.807) is 12.1 Å². The molecule has 0 bridgehead atoms. The summed E-state index contributed by atoms with van der Waals surface area (Å²) in [5.41, 5.74) is 0.913. The number of nitrogens with zero attached hydrogens (tertiary/aromatic N) is 1. The van der Waals surface area contributed by atoms with Gasteiger partial charge in [0.1, 0.15) is 5.82 Å².